The van der Waals surface area contributed by atoms with E-state index in [0.29, 0.717) is 12.2 Å². The molecule has 0 rings (SSSR count). The average Bonchev–Trinajstić information content (AvgIpc) is 2.59. The molecule has 0 radical (unpaired) electrons. The fraction of sp³-hybridized carbons (Fsp3) is 0.727. The van der Waals surface area contributed by atoms with Crippen LogP contribution >= 0.6 is 0 Å². The lowest BCUT2D eigenvalue weighted by molar-refractivity contribution is -0.119. The summed E-state index contributed by atoms with van der Waals surface area (Å²) < 4.78 is 0. The van der Waals surface area contributed by atoms with E-state index in [1.165, 1.54) is 19.3 Å². The molecule has 0 bridgehead atoms. The van der Waals surface area contributed by atoms with Crippen LogP contribution in [0.15, 0.2) is 24.3 Å². The van der Waals surface area contributed by atoms with Gasteiger partial charge in [-0.05, 0) is 64.2 Å². The van der Waals surface area contributed by atoms with Crippen molar-refractivity contribution in [3.05, 3.63) is 24.3 Å². The lowest BCUT2D eigenvalue weighted by Gasteiger charge is -2.00. The third-order valence-electron chi connectivity index (χ3n) is 4.15. The quantitative estimate of drug-likeness (QED) is 0.158. The summed E-state index contributed by atoms with van der Waals surface area (Å²) in [4.78, 5) is 22.0. The van der Waals surface area contributed by atoms with Crippen molar-refractivity contribution < 1.29 is 9.59 Å². The molecule has 0 aliphatic heterocycles. The van der Waals surface area contributed by atoms with Gasteiger partial charge in [-0.3, -0.25) is 4.79 Å². The lowest BCUT2D eigenvalue weighted by Crippen LogP contribution is -1.97. The number of allylic oxidation sites excluding steroid dienone is 4. The van der Waals surface area contributed by atoms with Gasteiger partial charge >= 0.3 is 0 Å². The van der Waals surface area contributed by atoms with Gasteiger partial charge in [-0.25, -0.2) is 0 Å². The number of rotatable bonds is 18. The van der Waals surface area contributed by atoms with Crippen LogP contribution in [0.2, 0.25) is 0 Å². The molecule has 138 valence electrons. The Bertz CT molecular complexity index is 342. The number of carbonyl (C=O) groups is 2. The Morgan fingerprint density at radius 2 is 1.04 bits per heavy atom. The van der Waals surface area contributed by atoms with Crippen LogP contribution in [0.3, 0.4) is 0 Å². The molecule has 0 heterocycles. The van der Waals surface area contributed by atoms with Crippen molar-refractivity contribution >= 4 is 12.1 Å². The fourth-order valence-electron chi connectivity index (χ4n) is 2.58. The molecule has 0 unspecified atom stereocenters. The summed E-state index contributed by atoms with van der Waals surface area (Å²) in [5, 5.41) is 0. The molecule has 0 N–H and O–H groups in total. The van der Waals surface area contributed by atoms with E-state index in [2.05, 4.69) is 31.2 Å². The van der Waals surface area contributed by atoms with Gasteiger partial charge in [-0.1, -0.05) is 44.1 Å². The number of unbranched alkanes of at least 4 members (excludes halogenated alkanes) is 9. The standard InChI is InChI=1S/C22H38O2/c1-2-3-4-5-6-10-13-16-19-22(24)20-17-14-11-8-7-9-12-15-18-21-23/h5-8,21H,2-4,9-20H2,1H3. The van der Waals surface area contributed by atoms with Crippen molar-refractivity contribution in [3.8, 4) is 0 Å². The Hall–Kier alpha value is -1.18. The molecule has 0 amide bonds. The van der Waals surface area contributed by atoms with Crippen molar-refractivity contribution in [3.63, 3.8) is 0 Å². The number of aldehydes is 1. The predicted molar refractivity (Wildman–Crippen MR) is 104 cm³/mol. The molecule has 0 aliphatic rings. The van der Waals surface area contributed by atoms with E-state index in [9.17, 15) is 9.59 Å². The average molecular weight is 335 g/mol. The van der Waals surface area contributed by atoms with Crippen molar-refractivity contribution in [2.45, 2.75) is 103 Å². The summed E-state index contributed by atoms with van der Waals surface area (Å²) >= 11 is 0. The maximum absolute atomic E-state index is 11.8. The Kier molecular flexibility index (Phi) is 18.9. The second-order valence-corrected chi connectivity index (χ2v) is 6.57. The highest BCUT2D eigenvalue weighted by molar-refractivity contribution is 5.78. The maximum Gasteiger partial charge on any atom is 0.132 e. The van der Waals surface area contributed by atoms with Crippen molar-refractivity contribution in [2.24, 2.45) is 0 Å². The highest BCUT2D eigenvalue weighted by atomic mass is 16.1. The van der Waals surface area contributed by atoms with E-state index in [0.717, 1.165) is 76.9 Å². The Morgan fingerprint density at radius 1 is 0.625 bits per heavy atom. The zero-order valence-electron chi connectivity index (χ0n) is 15.8. The smallest absolute Gasteiger partial charge is 0.132 e. The van der Waals surface area contributed by atoms with Crippen LogP contribution in [0.25, 0.3) is 0 Å². The summed E-state index contributed by atoms with van der Waals surface area (Å²) in [7, 11) is 0. The first-order valence-corrected chi connectivity index (χ1v) is 10.1. The topological polar surface area (TPSA) is 34.1 Å². The molecule has 0 saturated heterocycles. The van der Waals surface area contributed by atoms with Gasteiger partial charge in [0.15, 0.2) is 0 Å². The number of ketones is 1. The molecule has 2 heteroatoms. The van der Waals surface area contributed by atoms with E-state index in [1.807, 2.05) is 0 Å². The van der Waals surface area contributed by atoms with Gasteiger partial charge < -0.3 is 4.79 Å². The Morgan fingerprint density at radius 3 is 1.50 bits per heavy atom. The summed E-state index contributed by atoms with van der Waals surface area (Å²) in [6.07, 6.45) is 25.6. The van der Waals surface area contributed by atoms with Crippen molar-refractivity contribution in [1.29, 1.82) is 0 Å². The van der Waals surface area contributed by atoms with E-state index >= 15 is 0 Å². The fourth-order valence-corrected chi connectivity index (χ4v) is 2.58. The van der Waals surface area contributed by atoms with Crippen LogP contribution < -0.4 is 0 Å². The van der Waals surface area contributed by atoms with Crippen LogP contribution in [0.1, 0.15) is 103 Å². The van der Waals surface area contributed by atoms with Crippen LogP contribution in [0.5, 0.6) is 0 Å². The summed E-state index contributed by atoms with van der Waals surface area (Å²) in [6.45, 7) is 2.22. The van der Waals surface area contributed by atoms with Gasteiger partial charge in [-0.2, -0.15) is 0 Å². The van der Waals surface area contributed by atoms with E-state index < -0.39 is 0 Å². The zero-order valence-corrected chi connectivity index (χ0v) is 15.8. The molecular weight excluding hydrogens is 296 g/mol. The minimum absolute atomic E-state index is 0.433. The van der Waals surface area contributed by atoms with E-state index in [4.69, 9.17) is 0 Å². The third kappa shape index (κ3) is 18.9. The summed E-state index contributed by atoms with van der Waals surface area (Å²) in [5.41, 5.74) is 0. The number of hydrogen-bond acceptors (Lipinski definition) is 2. The number of carbonyl (C=O) groups excluding carboxylic acids is 2. The molecule has 0 aliphatic carbocycles. The second kappa shape index (κ2) is 19.9. The van der Waals surface area contributed by atoms with Gasteiger partial charge in [0.25, 0.3) is 0 Å². The van der Waals surface area contributed by atoms with Crippen LogP contribution in [-0.4, -0.2) is 12.1 Å². The van der Waals surface area contributed by atoms with Crippen LogP contribution in [0.4, 0.5) is 0 Å². The zero-order chi connectivity index (χ0) is 17.7. The maximum atomic E-state index is 11.8. The van der Waals surface area contributed by atoms with E-state index in [1.54, 1.807) is 0 Å². The van der Waals surface area contributed by atoms with Gasteiger partial charge in [0.1, 0.15) is 12.1 Å². The minimum atomic E-state index is 0.433. The first-order chi connectivity index (χ1) is 11.8. The van der Waals surface area contributed by atoms with E-state index in [-0.39, 0.29) is 0 Å². The Labute approximate surface area is 149 Å². The van der Waals surface area contributed by atoms with Crippen LogP contribution in [-0.2, 0) is 9.59 Å². The number of Topliss-reactive ketones (excluding diaryl/α,β-unsaturated/α-hetero) is 1. The van der Waals surface area contributed by atoms with Crippen molar-refractivity contribution in [1.82, 2.24) is 0 Å². The highest BCUT2D eigenvalue weighted by Crippen LogP contribution is 2.08. The molecule has 0 saturated carbocycles. The molecule has 0 aromatic rings. The monoisotopic (exact) mass is 334 g/mol. The molecule has 0 atom stereocenters. The lowest BCUT2D eigenvalue weighted by atomic mass is 10.1. The van der Waals surface area contributed by atoms with Gasteiger partial charge in [0, 0.05) is 19.3 Å². The molecule has 0 fully saturated rings. The van der Waals surface area contributed by atoms with Gasteiger partial charge in [-0.15, -0.1) is 0 Å². The second-order valence-electron chi connectivity index (χ2n) is 6.57. The third-order valence-corrected chi connectivity index (χ3v) is 4.15. The SMILES string of the molecule is CCCCC=CCCCCC(=O)CCCCC=CCCCCC=O. The highest BCUT2D eigenvalue weighted by Gasteiger charge is 2.00. The number of hydrogen-bond donors (Lipinski definition) is 0. The largest absolute Gasteiger partial charge is 0.303 e. The predicted octanol–water partition coefficient (Wildman–Crippen LogP) is 6.74. The van der Waals surface area contributed by atoms with Crippen molar-refractivity contribution in [2.75, 3.05) is 0 Å². The molecule has 24 heavy (non-hydrogen) atoms. The van der Waals surface area contributed by atoms with Crippen LogP contribution in [0, 0.1) is 0 Å². The summed E-state index contributed by atoms with van der Waals surface area (Å²) in [5.74, 6) is 0.433. The molecule has 0 spiro atoms. The molecule has 0 aromatic heterocycles. The molecular formula is C22H38O2. The minimum Gasteiger partial charge on any atom is -0.303 e. The van der Waals surface area contributed by atoms with Gasteiger partial charge in [0.2, 0.25) is 0 Å². The molecule has 2 nitrogen and oxygen atoms in total. The molecule has 0 aromatic carbocycles. The normalized spacial score (nSPS) is 11.5. The first-order valence-electron chi connectivity index (χ1n) is 10.1. The van der Waals surface area contributed by atoms with Gasteiger partial charge in [0.05, 0.1) is 0 Å². The Balaban J connectivity index is 3.30. The first kappa shape index (κ1) is 22.8. The summed E-state index contributed by atoms with van der Waals surface area (Å²) in [6, 6.07) is 0.